The first kappa shape index (κ1) is 10.7. The molecule has 0 saturated carbocycles. The fourth-order valence-corrected chi connectivity index (χ4v) is 0. The highest BCUT2D eigenvalue weighted by Gasteiger charge is 2.28. The van der Waals surface area contributed by atoms with Gasteiger partial charge in [-0.3, -0.25) is 0 Å². The Balaban J connectivity index is 0. The van der Waals surface area contributed by atoms with Crippen LogP contribution in [-0.2, 0) is 4.79 Å². The summed E-state index contributed by atoms with van der Waals surface area (Å²) in [5.41, 5.74) is 0. The quantitative estimate of drug-likeness (QED) is 0.539. The smallest absolute Gasteiger partial charge is 0.430 e. The molecule has 0 bridgehead atoms. The predicted molar refractivity (Wildman–Crippen MR) is 21.4 cm³/mol. The first-order valence-electron chi connectivity index (χ1n) is 1.23. The topological polar surface area (TPSA) is 40.1 Å². The predicted octanol–water partition coefficient (Wildman–Crippen LogP) is -0.123. The van der Waals surface area contributed by atoms with Crippen LogP contribution in [0.4, 0.5) is 13.2 Å². The van der Waals surface area contributed by atoms with Gasteiger partial charge in [-0.05, 0) is 0 Å². The van der Waals surface area contributed by atoms with Crippen LogP contribution in [0.3, 0.4) is 0 Å². The summed E-state index contributed by atoms with van der Waals surface area (Å²) in [7, 11) is 0. The number of carboxylic acid groups (broad SMARTS) is 1. The van der Waals surface area contributed by atoms with Crippen LogP contribution in [0.1, 0.15) is 0 Å². The maximum absolute atomic E-state index is 10.5. The lowest BCUT2D eigenvalue weighted by Crippen LogP contribution is -2.37. The van der Waals surface area contributed by atoms with Gasteiger partial charge in [-0.15, -0.1) is 17.0 Å². The second-order valence-electron chi connectivity index (χ2n) is 0.785. The van der Waals surface area contributed by atoms with Crippen LogP contribution >= 0.6 is 17.0 Å². The number of carbonyl (C=O) groups is 1. The van der Waals surface area contributed by atoms with E-state index in [9.17, 15) is 13.2 Å². The van der Waals surface area contributed by atoms with Gasteiger partial charge >= 0.3 is 6.18 Å². The van der Waals surface area contributed by atoms with E-state index in [2.05, 4.69) is 0 Å². The zero-order valence-electron chi connectivity index (χ0n) is 3.36. The average Bonchev–Trinajstić information content (AvgIpc) is 1.31. The molecule has 0 aliphatic heterocycles. The lowest BCUT2D eigenvalue weighted by molar-refractivity contribution is -0.344. The third kappa shape index (κ3) is 3.91. The Kier molecular flexibility index (Phi) is 3.88. The van der Waals surface area contributed by atoms with Crippen LogP contribution in [0.15, 0.2) is 0 Å². The van der Waals surface area contributed by atoms with E-state index >= 15 is 0 Å². The fraction of sp³-hybridized carbons (Fsp3) is 0.500. The normalized spacial score (nSPS) is 9.88. The molecule has 0 aromatic heterocycles. The Morgan fingerprint density at radius 3 is 1.50 bits per heavy atom. The molecular formula is C2HBrF3O2-. The number of carboxylic acids is 1. The van der Waals surface area contributed by atoms with Gasteiger partial charge in [-0.2, -0.15) is 13.2 Å². The SMILES string of the molecule is Br.O=C([O-])C(F)(F)F. The van der Waals surface area contributed by atoms with Crippen LogP contribution in [0.5, 0.6) is 0 Å². The maximum atomic E-state index is 10.5. The van der Waals surface area contributed by atoms with Crippen LogP contribution in [0.25, 0.3) is 0 Å². The lowest BCUT2D eigenvalue weighted by Gasteiger charge is -2.03. The molecule has 0 aromatic rings. The highest BCUT2D eigenvalue weighted by atomic mass is 79.9. The number of halogens is 4. The van der Waals surface area contributed by atoms with Crippen molar-refractivity contribution in [2.24, 2.45) is 0 Å². The summed E-state index contributed by atoms with van der Waals surface area (Å²) >= 11 is 0. The second-order valence-corrected chi connectivity index (χ2v) is 0.785. The molecule has 6 heteroatoms. The Morgan fingerprint density at radius 1 is 1.38 bits per heavy atom. The Hall–Kier alpha value is -0.260. The summed E-state index contributed by atoms with van der Waals surface area (Å²) in [6.45, 7) is 0. The summed E-state index contributed by atoms with van der Waals surface area (Å²) in [6.07, 6.45) is -5.19. The Labute approximate surface area is 53.1 Å². The molecule has 0 heterocycles. The van der Waals surface area contributed by atoms with E-state index < -0.39 is 12.1 Å². The van der Waals surface area contributed by atoms with Crippen LogP contribution < -0.4 is 5.11 Å². The van der Waals surface area contributed by atoms with Crippen molar-refractivity contribution in [2.45, 2.75) is 6.18 Å². The average molecular weight is 194 g/mol. The van der Waals surface area contributed by atoms with E-state index in [0.717, 1.165) is 0 Å². The van der Waals surface area contributed by atoms with Gasteiger partial charge in [0.2, 0.25) is 0 Å². The van der Waals surface area contributed by atoms with E-state index in [4.69, 9.17) is 9.90 Å². The minimum atomic E-state index is -5.19. The minimum absolute atomic E-state index is 0. The molecule has 0 rings (SSSR count). The van der Waals surface area contributed by atoms with Crippen molar-refractivity contribution in [3.63, 3.8) is 0 Å². The van der Waals surface area contributed by atoms with Crippen LogP contribution in [0, 0.1) is 0 Å². The maximum Gasteiger partial charge on any atom is 0.430 e. The molecule has 8 heavy (non-hydrogen) atoms. The molecule has 0 aliphatic carbocycles. The highest BCUT2D eigenvalue weighted by molar-refractivity contribution is 8.93. The van der Waals surface area contributed by atoms with E-state index in [0.29, 0.717) is 0 Å². The van der Waals surface area contributed by atoms with Crippen molar-refractivity contribution in [2.75, 3.05) is 0 Å². The summed E-state index contributed by atoms with van der Waals surface area (Å²) in [4.78, 5) is 8.78. The van der Waals surface area contributed by atoms with Gasteiger partial charge in [-0.25, -0.2) is 0 Å². The van der Waals surface area contributed by atoms with Crippen LogP contribution in [-0.4, -0.2) is 12.1 Å². The zero-order valence-corrected chi connectivity index (χ0v) is 5.07. The molecular weight excluding hydrogens is 193 g/mol. The van der Waals surface area contributed by atoms with Gasteiger partial charge in [0, 0.05) is 0 Å². The summed E-state index contributed by atoms with van der Waals surface area (Å²) in [5.74, 6) is -3.01. The molecule has 0 atom stereocenters. The van der Waals surface area contributed by atoms with Crippen molar-refractivity contribution >= 4 is 23.0 Å². The molecule has 0 fully saturated rings. The van der Waals surface area contributed by atoms with Crippen molar-refractivity contribution in [1.82, 2.24) is 0 Å². The van der Waals surface area contributed by atoms with Crippen molar-refractivity contribution < 1.29 is 23.1 Å². The van der Waals surface area contributed by atoms with Gasteiger partial charge < -0.3 is 9.90 Å². The summed E-state index contributed by atoms with van der Waals surface area (Å²) < 4.78 is 31.5. The highest BCUT2D eigenvalue weighted by Crippen LogP contribution is 2.11. The minimum Gasteiger partial charge on any atom is -0.542 e. The monoisotopic (exact) mass is 193 g/mol. The molecule has 0 unspecified atom stereocenters. The van der Waals surface area contributed by atoms with Crippen molar-refractivity contribution in [3.05, 3.63) is 0 Å². The molecule has 0 radical (unpaired) electrons. The first-order chi connectivity index (χ1) is 2.94. The van der Waals surface area contributed by atoms with E-state index in [1.54, 1.807) is 0 Å². The molecule has 50 valence electrons. The molecule has 0 N–H and O–H groups in total. The zero-order chi connectivity index (χ0) is 6.08. The van der Waals surface area contributed by atoms with E-state index in [-0.39, 0.29) is 17.0 Å². The van der Waals surface area contributed by atoms with E-state index in [1.165, 1.54) is 0 Å². The number of aliphatic carboxylic acids is 1. The van der Waals surface area contributed by atoms with E-state index in [1.807, 2.05) is 0 Å². The Bertz CT molecular complexity index is 87.8. The largest absolute Gasteiger partial charge is 0.542 e. The van der Waals surface area contributed by atoms with Gasteiger partial charge in [0.15, 0.2) is 0 Å². The molecule has 0 amide bonds. The summed E-state index contributed by atoms with van der Waals surface area (Å²) in [5, 5.41) is 8.78. The third-order valence-corrected chi connectivity index (χ3v) is 0.231. The lowest BCUT2D eigenvalue weighted by atomic mass is 10.7. The third-order valence-electron chi connectivity index (χ3n) is 0.231. The number of alkyl halides is 3. The molecule has 2 nitrogen and oxygen atoms in total. The van der Waals surface area contributed by atoms with Crippen LogP contribution in [0.2, 0.25) is 0 Å². The fourth-order valence-electron chi connectivity index (χ4n) is 0. The van der Waals surface area contributed by atoms with Gasteiger partial charge in [-0.1, -0.05) is 0 Å². The summed E-state index contributed by atoms with van der Waals surface area (Å²) in [6, 6.07) is 0. The van der Waals surface area contributed by atoms with Gasteiger partial charge in [0.1, 0.15) is 5.97 Å². The number of hydrogen-bond acceptors (Lipinski definition) is 2. The van der Waals surface area contributed by atoms with Crippen molar-refractivity contribution in [3.8, 4) is 0 Å². The van der Waals surface area contributed by atoms with Gasteiger partial charge in [0.25, 0.3) is 0 Å². The second kappa shape index (κ2) is 2.91. The van der Waals surface area contributed by atoms with Crippen molar-refractivity contribution in [1.29, 1.82) is 0 Å². The standard InChI is InChI=1S/C2HF3O2.BrH/c3-2(4,5)1(6)7;/h(H,6,7);1H/p-1. The van der Waals surface area contributed by atoms with Gasteiger partial charge in [0.05, 0.1) is 0 Å². The number of carbonyl (C=O) groups excluding carboxylic acids is 1. The molecule has 0 aromatic carbocycles. The molecule has 0 spiro atoms. The number of hydrogen-bond donors (Lipinski definition) is 0. The molecule has 0 saturated heterocycles. The number of rotatable bonds is 0. The molecule has 0 aliphatic rings. The Morgan fingerprint density at radius 2 is 1.50 bits per heavy atom. The first-order valence-corrected chi connectivity index (χ1v) is 1.23.